The van der Waals surface area contributed by atoms with E-state index in [1.54, 1.807) is 17.0 Å². The highest BCUT2D eigenvalue weighted by molar-refractivity contribution is 6.14. The number of hydrogen-bond acceptors (Lipinski definition) is 6. The van der Waals surface area contributed by atoms with E-state index >= 15 is 0 Å². The SMILES string of the molecule is CN(C)c1ccc2c(c1)Oc1cc(N(C)C)ccc1C21c2ccccc2C(=O)N1c1ccc([N+](=O)[O-])cc1. The van der Waals surface area contributed by atoms with Crippen molar-refractivity contribution in [3.05, 3.63) is 117 Å². The molecule has 0 bridgehead atoms. The summed E-state index contributed by atoms with van der Waals surface area (Å²) in [7, 11) is 7.87. The molecule has 8 heteroatoms. The second-order valence-corrected chi connectivity index (χ2v) is 9.92. The Balaban J connectivity index is 1.71. The van der Waals surface area contributed by atoms with E-state index in [1.165, 1.54) is 12.1 Å². The number of nitro benzene ring substituents is 1. The maximum atomic E-state index is 14.2. The van der Waals surface area contributed by atoms with Crippen molar-refractivity contribution in [3.8, 4) is 11.5 Å². The van der Waals surface area contributed by atoms with Crippen LogP contribution in [0.15, 0.2) is 84.9 Å². The Morgan fingerprint density at radius 3 is 1.84 bits per heavy atom. The molecule has 0 atom stereocenters. The molecule has 0 fully saturated rings. The largest absolute Gasteiger partial charge is 0.456 e. The van der Waals surface area contributed by atoms with E-state index < -0.39 is 10.5 Å². The van der Waals surface area contributed by atoms with Gasteiger partial charge in [0.05, 0.1) is 4.92 Å². The second kappa shape index (κ2) is 8.34. The number of benzene rings is 4. The van der Waals surface area contributed by atoms with Gasteiger partial charge in [-0.1, -0.05) is 30.3 Å². The normalized spacial score (nSPS) is 14.4. The van der Waals surface area contributed by atoms with Gasteiger partial charge in [0.2, 0.25) is 0 Å². The zero-order valence-electron chi connectivity index (χ0n) is 21.5. The highest BCUT2D eigenvalue weighted by Crippen LogP contribution is 2.59. The molecule has 1 spiro atoms. The zero-order chi connectivity index (χ0) is 26.8. The van der Waals surface area contributed by atoms with Gasteiger partial charge in [-0.25, -0.2) is 0 Å². The van der Waals surface area contributed by atoms with Crippen molar-refractivity contribution in [2.24, 2.45) is 0 Å². The Bertz CT molecular complexity index is 1550. The van der Waals surface area contributed by atoms with E-state index in [2.05, 4.69) is 0 Å². The minimum atomic E-state index is -1.04. The number of rotatable bonds is 4. The maximum absolute atomic E-state index is 14.2. The molecule has 190 valence electrons. The fourth-order valence-electron chi connectivity index (χ4n) is 5.55. The van der Waals surface area contributed by atoms with E-state index in [9.17, 15) is 14.9 Å². The van der Waals surface area contributed by atoms with Crippen molar-refractivity contribution in [1.29, 1.82) is 0 Å². The molecule has 0 saturated heterocycles. The smallest absolute Gasteiger partial charge is 0.269 e. The first-order valence-corrected chi connectivity index (χ1v) is 12.2. The first-order chi connectivity index (χ1) is 18.2. The number of ether oxygens (including phenoxy) is 1. The summed E-state index contributed by atoms with van der Waals surface area (Å²) >= 11 is 0. The van der Waals surface area contributed by atoms with Crippen molar-refractivity contribution >= 4 is 28.7 Å². The Morgan fingerprint density at radius 1 is 0.763 bits per heavy atom. The van der Waals surface area contributed by atoms with Crippen LogP contribution < -0.4 is 19.4 Å². The lowest BCUT2D eigenvalue weighted by atomic mass is 9.74. The Morgan fingerprint density at radius 2 is 1.32 bits per heavy atom. The van der Waals surface area contributed by atoms with Crippen LogP contribution in [-0.4, -0.2) is 39.0 Å². The van der Waals surface area contributed by atoms with Gasteiger partial charge in [-0.05, 0) is 30.3 Å². The molecular formula is C30H26N4O4. The van der Waals surface area contributed by atoms with E-state index in [0.717, 1.165) is 28.1 Å². The van der Waals surface area contributed by atoms with Crippen LogP contribution in [0.1, 0.15) is 27.0 Å². The van der Waals surface area contributed by atoms with Crippen LogP contribution in [0.3, 0.4) is 0 Å². The summed E-state index contributed by atoms with van der Waals surface area (Å²) < 4.78 is 6.55. The van der Waals surface area contributed by atoms with Crippen LogP contribution in [-0.2, 0) is 5.54 Å². The van der Waals surface area contributed by atoms with Gasteiger partial charge in [0.15, 0.2) is 0 Å². The number of nitrogens with zero attached hydrogens (tertiary/aromatic N) is 4. The van der Waals surface area contributed by atoms with Crippen LogP contribution in [0.5, 0.6) is 11.5 Å². The molecule has 0 saturated carbocycles. The van der Waals surface area contributed by atoms with E-state index in [4.69, 9.17) is 4.74 Å². The monoisotopic (exact) mass is 506 g/mol. The molecule has 0 N–H and O–H groups in total. The van der Waals surface area contributed by atoms with Gasteiger partial charge in [0.1, 0.15) is 17.0 Å². The molecule has 38 heavy (non-hydrogen) atoms. The summed E-state index contributed by atoms with van der Waals surface area (Å²) in [6.45, 7) is 0. The van der Waals surface area contributed by atoms with Gasteiger partial charge in [-0.3, -0.25) is 19.8 Å². The number of carbonyl (C=O) groups is 1. The molecular weight excluding hydrogens is 480 g/mol. The van der Waals surface area contributed by atoms with Crippen LogP contribution in [0, 0.1) is 10.1 Å². The summed E-state index contributed by atoms with van der Waals surface area (Å²) in [6, 6.07) is 25.8. The van der Waals surface area contributed by atoms with Crippen molar-refractivity contribution < 1.29 is 14.5 Å². The quantitative estimate of drug-likeness (QED) is 0.258. The summed E-state index contributed by atoms with van der Waals surface area (Å²) in [5.74, 6) is 1.12. The highest BCUT2D eigenvalue weighted by atomic mass is 16.6. The average molecular weight is 507 g/mol. The third-order valence-electron chi connectivity index (χ3n) is 7.37. The van der Waals surface area contributed by atoms with Gasteiger partial charge >= 0.3 is 0 Å². The Labute approximate surface area is 220 Å². The molecule has 0 radical (unpaired) electrons. The predicted molar refractivity (Wildman–Crippen MR) is 148 cm³/mol. The van der Waals surface area contributed by atoms with Crippen molar-refractivity contribution in [1.82, 2.24) is 0 Å². The van der Waals surface area contributed by atoms with Crippen LogP contribution in [0.25, 0.3) is 0 Å². The van der Waals surface area contributed by atoms with Crippen molar-refractivity contribution in [2.75, 3.05) is 42.9 Å². The summed E-state index contributed by atoms with van der Waals surface area (Å²) in [5.41, 5.74) is 4.48. The third kappa shape index (κ3) is 3.19. The molecule has 0 unspecified atom stereocenters. The molecule has 0 aromatic heterocycles. The first-order valence-electron chi connectivity index (χ1n) is 12.2. The summed E-state index contributed by atoms with van der Waals surface area (Å²) in [5, 5.41) is 11.4. The van der Waals surface area contributed by atoms with Gasteiger partial charge < -0.3 is 14.5 Å². The average Bonchev–Trinajstić information content (AvgIpc) is 3.17. The van der Waals surface area contributed by atoms with E-state index in [0.29, 0.717) is 22.7 Å². The molecule has 2 aliphatic heterocycles. The number of non-ortho nitro benzene ring substituents is 1. The lowest BCUT2D eigenvalue weighted by Gasteiger charge is -2.44. The van der Waals surface area contributed by atoms with Crippen LogP contribution >= 0.6 is 0 Å². The van der Waals surface area contributed by atoms with Gasteiger partial charge in [0, 0.05) is 91.8 Å². The van der Waals surface area contributed by atoms with Crippen molar-refractivity contribution in [2.45, 2.75) is 5.54 Å². The molecule has 2 aliphatic rings. The number of nitro groups is 1. The number of anilines is 3. The van der Waals surface area contributed by atoms with Gasteiger partial charge in [0.25, 0.3) is 11.6 Å². The third-order valence-corrected chi connectivity index (χ3v) is 7.37. The minimum Gasteiger partial charge on any atom is -0.456 e. The highest BCUT2D eigenvalue weighted by Gasteiger charge is 2.57. The molecule has 1 amide bonds. The lowest BCUT2D eigenvalue weighted by molar-refractivity contribution is -0.384. The number of hydrogen-bond donors (Lipinski definition) is 0. The van der Waals surface area contributed by atoms with Gasteiger partial charge in [-0.15, -0.1) is 0 Å². The van der Waals surface area contributed by atoms with Gasteiger partial charge in [-0.2, -0.15) is 0 Å². The molecule has 2 heterocycles. The predicted octanol–water partition coefficient (Wildman–Crippen LogP) is 5.78. The second-order valence-electron chi connectivity index (χ2n) is 9.92. The molecule has 0 aliphatic carbocycles. The van der Waals surface area contributed by atoms with Crippen molar-refractivity contribution in [3.63, 3.8) is 0 Å². The molecule has 6 rings (SSSR count). The van der Waals surface area contributed by atoms with Crippen LogP contribution in [0.2, 0.25) is 0 Å². The van der Waals surface area contributed by atoms with E-state index in [-0.39, 0.29) is 11.6 Å². The molecule has 4 aromatic carbocycles. The number of amides is 1. The number of carbonyl (C=O) groups excluding carboxylic acids is 1. The first kappa shape index (κ1) is 23.5. The van der Waals surface area contributed by atoms with Crippen LogP contribution in [0.4, 0.5) is 22.7 Å². The Hall–Kier alpha value is -4.85. The molecule has 8 nitrogen and oxygen atoms in total. The minimum absolute atomic E-state index is 0.0361. The Kier molecular flexibility index (Phi) is 5.17. The summed E-state index contributed by atoms with van der Waals surface area (Å²) in [4.78, 5) is 30.9. The summed E-state index contributed by atoms with van der Waals surface area (Å²) in [6.07, 6.45) is 0. The number of fused-ring (bicyclic) bond motifs is 6. The fraction of sp³-hybridized carbons (Fsp3) is 0.167. The lowest BCUT2D eigenvalue weighted by Crippen LogP contribution is -2.47. The fourth-order valence-corrected chi connectivity index (χ4v) is 5.55. The maximum Gasteiger partial charge on any atom is 0.269 e. The topological polar surface area (TPSA) is 79.2 Å². The van der Waals surface area contributed by atoms with E-state index in [1.807, 2.05) is 98.7 Å². The standard InChI is InChI=1S/C30H26N4O4/c1-31(2)21-13-15-25-27(17-21)38-28-18-22(32(3)4)14-16-26(28)30(25)24-8-6-5-7-23(24)29(35)33(30)19-9-11-20(12-10-19)34(36)37/h5-18H,1-4H3. The molecule has 4 aromatic rings. The zero-order valence-corrected chi connectivity index (χ0v) is 21.5.